The van der Waals surface area contributed by atoms with E-state index in [1.807, 2.05) is 19.9 Å². The van der Waals surface area contributed by atoms with E-state index in [2.05, 4.69) is 20.7 Å². The minimum atomic E-state index is -3.83. The number of hydrogen-bond acceptors (Lipinski definition) is 5. The first-order valence-corrected chi connectivity index (χ1v) is 10.7. The lowest BCUT2D eigenvalue weighted by Gasteiger charge is -2.37. The van der Waals surface area contributed by atoms with Crippen molar-refractivity contribution in [3.8, 4) is 17.2 Å². The van der Waals surface area contributed by atoms with E-state index in [0.717, 1.165) is 5.56 Å². The molecule has 3 rings (SSSR count). The molecule has 146 valence electrons. The van der Waals surface area contributed by atoms with E-state index in [4.69, 9.17) is 14.2 Å². The summed E-state index contributed by atoms with van der Waals surface area (Å²) < 4.78 is 46.2. The molecule has 0 spiro atoms. The molecule has 0 aliphatic carbocycles. The van der Waals surface area contributed by atoms with E-state index < -0.39 is 21.7 Å². The Hall–Kier alpha value is -1.77. The van der Waals surface area contributed by atoms with Crippen molar-refractivity contribution in [3.05, 3.63) is 46.4 Å². The van der Waals surface area contributed by atoms with E-state index >= 15 is 0 Å². The van der Waals surface area contributed by atoms with Crippen molar-refractivity contribution >= 4 is 26.0 Å². The molecule has 1 N–H and O–H groups in total. The van der Waals surface area contributed by atoms with E-state index in [0.29, 0.717) is 22.4 Å². The Kier molecular flexibility index (Phi) is 5.42. The zero-order valence-corrected chi connectivity index (χ0v) is 18.0. The molecule has 8 heteroatoms. The summed E-state index contributed by atoms with van der Waals surface area (Å²) in [5.41, 5.74) is 0.237. The molecule has 1 heterocycles. The molecule has 1 aliphatic heterocycles. The van der Waals surface area contributed by atoms with E-state index in [1.165, 1.54) is 13.2 Å². The van der Waals surface area contributed by atoms with Gasteiger partial charge in [-0.15, -0.1) is 0 Å². The first-order valence-electron chi connectivity index (χ1n) is 8.38. The summed E-state index contributed by atoms with van der Waals surface area (Å²) in [6, 6.07) is 9.83. The predicted molar refractivity (Wildman–Crippen MR) is 106 cm³/mol. The number of benzene rings is 2. The fourth-order valence-corrected chi connectivity index (χ4v) is 5.10. The minimum Gasteiger partial charge on any atom is -0.497 e. The van der Waals surface area contributed by atoms with Crippen molar-refractivity contribution in [2.24, 2.45) is 0 Å². The van der Waals surface area contributed by atoms with Crippen molar-refractivity contribution in [2.75, 3.05) is 14.2 Å². The first-order chi connectivity index (χ1) is 12.6. The molecule has 0 radical (unpaired) electrons. The largest absolute Gasteiger partial charge is 0.497 e. The summed E-state index contributed by atoms with van der Waals surface area (Å²) >= 11 is 3.32. The number of methoxy groups -OCH3 is 2. The zero-order valence-electron chi connectivity index (χ0n) is 15.6. The van der Waals surface area contributed by atoms with Crippen molar-refractivity contribution < 1.29 is 22.6 Å². The third kappa shape index (κ3) is 4.23. The zero-order chi connectivity index (χ0) is 19.8. The summed E-state index contributed by atoms with van der Waals surface area (Å²) in [6.07, 6.45) is 0.488. The number of nitrogens with one attached hydrogen (secondary N) is 1. The van der Waals surface area contributed by atoms with Gasteiger partial charge in [0.2, 0.25) is 10.0 Å². The molecule has 0 fully saturated rings. The highest BCUT2D eigenvalue weighted by Gasteiger charge is 2.37. The van der Waals surface area contributed by atoms with Gasteiger partial charge in [0.05, 0.1) is 20.3 Å². The summed E-state index contributed by atoms with van der Waals surface area (Å²) in [6.45, 7) is 3.85. The monoisotopic (exact) mass is 455 g/mol. The molecule has 0 bridgehead atoms. The SMILES string of the molecule is COc1ccc2c(c1)OC(C)(C)CC2NS(=O)(=O)c1cc(Br)ccc1OC. The van der Waals surface area contributed by atoms with E-state index in [9.17, 15) is 8.42 Å². The fourth-order valence-electron chi connectivity index (χ4n) is 3.18. The molecular weight excluding hydrogens is 434 g/mol. The smallest absolute Gasteiger partial charge is 0.244 e. The normalized spacial score (nSPS) is 18.3. The summed E-state index contributed by atoms with van der Waals surface area (Å²) in [5, 5.41) is 0. The van der Waals surface area contributed by atoms with Gasteiger partial charge in [-0.2, -0.15) is 0 Å². The topological polar surface area (TPSA) is 73.9 Å². The third-order valence-corrected chi connectivity index (χ3v) is 6.38. The summed E-state index contributed by atoms with van der Waals surface area (Å²) in [4.78, 5) is 0.0822. The van der Waals surface area contributed by atoms with Crippen LogP contribution >= 0.6 is 15.9 Å². The van der Waals surface area contributed by atoms with Crippen LogP contribution in [0.3, 0.4) is 0 Å². The van der Waals surface area contributed by atoms with Crippen LogP contribution in [0.5, 0.6) is 17.2 Å². The second-order valence-electron chi connectivity index (χ2n) is 6.94. The van der Waals surface area contributed by atoms with Crippen LogP contribution in [-0.4, -0.2) is 28.2 Å². The van der Waals surface area contributed by atoms with Crippen molar-refractivity contribution in [2.45, 2.75) is 36.8 Å². The van der Waals surface area contributed by atoms with Gasteiger partial charge in [0.1, 0.15) is 27.7 Å². The molecule has 0 aromatic heterocycles. The van der Waals surface area contributed by atoms with Gasteiger partial charge >= 0.3 is 0 Å². The molecule has 1 atom stereocenters. The first kappa shape index (κ1) is 20.0. The second kappa shape index (κ2) is 7.33. The van der Waals surface area contributed by atoms with Gasteiger partial charge in [0.15, 0.2) is 0 Å². The van der Waals surface area contributed by atoms with E-state index in [1.54, 1.807) is 31.4 Å². The highest BCUT2D eigenvalue weighted by atomic mass is 79.9. The third-order valence-electron chi connectivity index (χ3n) is 4.39. The van der Waals surface area contributed by atoms with Crippen LogP contribution in [0, 0.1) is 0 Å². The molecule has 0 saturated heterocycles. The van der Waals surface area contributed by atoms with Crippen molar-refractivity contribution in [1.29, 1.82) is 0 Å². The maximum atomic E-state index is 13.1. The molecule has 0 amide bonds. The van der Waals surface area contributed by atoms with Crippen LogP contribution in [-0.2, 0) is 10.0 Å². The average Bonchev–Trinajstić information content (AvgIpc) is 2.59. The molecule has 2 aromatic carbocycles. The van der Waals surface area contributed by atoms with Crippen LogP contribution < -0.4 is 18.9 Å². The van der Waals surface area contributed by atoms with Gasteiger partial charge in [-0.05, 0) is 38.1 Å². The molecule has 6 nitrogen and oxygen atoms in total. The predicted octanol–water partition coefficient (Wildman–Crippen LogP) is 4.05. The Morgan fingerprint density at radius 2 is 1.89 bits per heavy atom. The van der Waals surface area contributed by atoms with Crippen LogP contribution in [0.4, 0.5) is 0 Å². The fraction of sp³-hybridized carbons (Fsp3) is 0.368. The van der Waals surface area contributed by atoms with Gasteiger partial charge in [0.25, 0.3) is 0 Å². The number of ether oxygens (including phenoxy) is 3. The van der Waals surface area contributed by atoms with Gasteiger partial charge in [-0.25, -0.2) is 13.1 Å². The number of hydrogen-bond donors (Lipinski definition) is 1. The van der Waals surface area contributed by atoms with Gasteiger partial charge in [0, 0.05) is 22.5 Å². The van der Waals surface area contributed by atoms with Crippen molar-refractivity contribution in [1.82, 2.24) is 4.72 Å². The Morgan fingerprint density at radius 3 is 2.56 bits per heavy atom. The van der Waals surface area contributed by atoms with Crippen LogP contribution in [0.1, 0.15) is 31.9 Å². The van der Waals surface area contributed by atoms with Crippen LogP contribution in [0.2, 0.25) is 0 Å². The second-order valence-corrected chi connectivity index (χ2v) is 9.54. The standard InChI is InChI=1S/C19H22BrNO5S/c1-19(2)11-15(14-7-6-13(24-3)10-17(14)26-19)21-27(22,23)18-9-12(20)5-8-16(18)25-4/h5-10,15,21H,11H2,1-4H3. The molecule has 2 aromatic rings. The lowest BCUT2D eigenvalue weighted by molar-refractivity contribution is 0.0698. The number of fused-ring (bicyclic) bond motifs is 1. The van der Waals surface area contributed by atoms with Crippen LogP contribution in [0.25, 0.3) is 0 Å². The van der Waals surface area contributed by atoms with Crippen molar-refractivity contribution in [3.63, 3.8) is 0 Å². The number of halogens is 1. The Morgan fingerprint density at radius 1 is 1.15 bits per heavy atom. The summed E-state index contributed by atoms with van der Waals surface area (Å²) in [5.74, 6) is 1.55. The average molecular weight is 456 g/mol. The van der Waals surface area contributed by atoms with Crippen LogP contribution in [0.15, 0.2) is 45.8 Å². The molecule has 0 saturated carbocycles. The van der Waals surface area contributed by atoms with Gasteiger partial charge in [-0.1, -0.05) is 22.0 Å². The number of sulfonamides is 1. The molecule has 1 aliphatic rings. The Bertz CT molecular complexity index is 959. The quantitative estimate of drug-likeness (QED) is 0.735. The lowest BCUT2D eigenvalue weighted by Crippen LogP contribution is -2.41. The summed E-state index contributed by atoms with van der Waals surface area (Å²) in [7, 11) is -0.801. The molecule has 27 heavy (non-hydrogen) atoms. The van der Waals surface area contributed by atoms with Gasteiger partial charge < -0.3 is 14.2 Å². The Balaban J connectivity index is 2.01. The lowest BCUT2D eigenvalue weighted by atomic mass is 9.90. The minimum absolute atomic E-state index is 0.0822. The Labute approximate surface area is 168 Å². The highest BCUT2D eigenvalue weighted by Crippen LogP contribution is 2.42. The maximum Gasteiger partial charge on any atom is 0.244 e. The maximum absolute atomic E-state index is 13.1. The highest BCUT2D eigenvalue weighted by molar-refractivity contribution is 9.10. The molecule has 1 unspecified atom stereocenters. The van der Waals surface area contributed by atoms with E-state index in [-0.39, 0.29) is 10.6 Å². The number of rotatable bonds is 5. The van der Waals surface area contributed by atoms with Gasteiger partial charge in [-0.3, -0.25) is 0 Å². The molecular formula is C19H22BrNO5S.